The van der Waals surface area contributed by atoms with Crippen molar-refractivity contribution < 1.29 is 4.74 Å². The van der Waals surface area contributed by atoms with Crippen LogP contribution in [0.15, 0.2) is 0 Å². The van der Waals surface area contributed by atoms with Crippen LogP contribution >= 0.6 is 11.8 Å². The Kier molecular flexibility index (Phi) is 11.6. The number of thioether (sulfide) groups is 1. The molecular weight excluding hydrogens is 194 g/mol. The van der Waals surface area contributed by atoms with Crippen LogP contribution in [0, 0.1) is 0 Å². The average Bonchev–Trinajstić information content (AvgIpc) is 2.21. The van der Waals surface area contributed by atoms with Gasteiger partial charge in [0, 0.05) is 18.4 Å². The summed E-state index contributed by atoms with van der Waals surface area (Å²) < 4.78 is 5.56. The van der Waals surface area contributed by atoms with E-state index < -0.39 is 0 Å². The van der Waals surface area contributed by atoms with E-state index in [1.54, 1.807) is 0 Å². The lowest BCUT2D eigenvalue weighted by Crippen LogP contribution is -2.36. The highest BCUT2D eigenvalue weighted by molar-refractivity contribution is 7.99. The smallest absolute Gasteiger partial charge is 0.0627 e. The summed E-state index contributed by atoms with van der Waals surface area (Å²) in [7, 11) is 0. The SMILES string of the molecule is CCCNC(COCCC)CSCC. The molecule has 1 unspecified atom stereocenters. The van der Waals surface area contributed by atoms with Crippen LogP contribution in [0.3, 0.4) is 0 Å². The number of rotatable bonds is 10. The molecule has 0 aliphatic carbocycles. The summed E-state index contributed by atoms with van der Waals surface area (Å²) in [4.78, 5) is 0. The lowest BCUT2D eigenvalue weighted by Gasteiger charge is -2.17. The molecular formula is C11H25NOS. The topological polar surface area (TPSA) is 21.3 Å². The third-order valence-electron chi connectivity index (χ3n) is 1.87. The molecule has 0 saturated carbocycles. The summed E-state index contributed by atoms with van der Waals surface area (Å²) >= 11 is 1.98. The first-order valence-corrected chi connectivity index (χ1v) is 6.89. The Morgan fingerprint density at radius 2 is 2.00 bits per heavy atom. The van der Waals surface area contributed by atoms with Gasteiger partial charge in [0.1, 0.15) is 0 Å². The molecule has 3 heteroatoms. The van der Waals surface area contributed by atoms with E-state index >= 15 is 0 Å². The Morgan fingerprint density at radius 1 is 1.21 bits per heavy atom. The zero-order valence-electron chi connectivity index (χ0n) is 9.84. The van der Waals surface area contributed by atoms with Crippen molar-refractivity contribution in [1.29, 1.82) is 0 Å². The molecule has 0 rings (SSSR count). The maximum Gasteiger partial charge on any atom is 0.0627 e. The second-order valence-corrected chi connectivity index (χ2v) is 4.70. The largest absolute Gasteiger partial charge is 0.380 e. The molecule has 0 aromatic rings. The molecule has 86 valence electrons. The zero-order valence-corrected chi connectivity index (χ0v) is 10.7. The van der Waals surface area contributed by atoms with Crippen LogP contribution < -0.4 is 5.32 Å². The molecule has 0 heterocycles. The van der Waals surface area contributed by atoms with Gasteiger partial charge in [-0.3, -0.25) is 0 Å². The van der Waals surface area contributed by atoms with Crippen LogP contribution in [-0.2, 0) is 4.74 Å². The average molecular weight is 219 g/mol. The molecule has 0 amide bonds. The van der Waals surface area contributed by atoms with Gasteiger partial charge in [-0.15, -0.1) is 0 Å². The number of ether oxygens (including phenoxy) is 1. The molecule has 0 spiro atoms. The van der Waals surface area contributed by atoms with Crippen molar-refractivity contribution in [3.05, 3.63) is 0 Å². The molecule has 0 aliphatic heterocycles. The van der Waals surface area contributed by atoms with E-state index in [4.69, 9.17) is 4.74 Å². The van der Waals surface area contributed by atoms with E-state index in [9.17, 15) is 0 Å². The fourth-order valence-electron chi connectivity index (χ4n) is 1.14. The minimum atomic E-state index is 0.534. The molecule has 0 saturated heterocycles. The third-order valence-corrected chi connectivity index (χ3v) is 2.92. The monoisotopic (exact) mass is 219 g/mol. The second-order valence-electron chi connectivity index (χ2n) is 3.39. The normalized spacial score (nSPS) is 13.1. The molecule has 0 bridgehead atoms. The van der Waals surface area contributed by atoms with Gasteiger partial charge in [0.05, 0.1) is 6.61 Å². The van der Waals surface area contributed by atoms with Crippen LogP contribution in [0.25, 0.3) is 0 Å². The first kappa shape index (κ1) is 14.3. The molecule has 1 atom stereocenters. The van der Waals surface area contributed by atoms with Crippen molar-refractivity contribution in [1.82, 2.24) is 5.32 Å². The zero-order chi connectivity index (χ0) is 10.6. The van der Waals surface area contributed by atoms with Gasteiger partial charge in [-0.05, 0) is 25.1 Å². The predicted octanol–water partition coefficient (Wildman–Crippen LogP) is 2.53. The van der Waals surface area contributed by atoms with Crippen molar-refractivity contribution in [3.63, 3.8) is 0 Å². The van der Waals surface area contributed by atoms with E-state index in [1.807, 2.05) is 11.8 Å². The predicted molar refractivity (Wildman–Crippen MR) is 66.2 cm³/mol. The minimum Gasteiger partial charge on any atom is -0.380 e. The Hall–Kier alpha value is 0.270. The van der Waals surface area contributed by atoms with Crippen molar-refractivity contribution in [2.24, 2.45) is 0 Å². The van der Waals surface area contributed by atoms with Crippen molar-refractivity contribution in [2.75, 3.05) is 31.3 Å². The van der Waals surface area contributed by atoms with Crippen LogP contribution in [0.2, 0.25) is 0 Å². The summed E-state index contributed by atoms with van der Waals surface area (Å²) in [5, 5.41) is 3.52. The van der Waals surface area contributed by atoms with Gasteiger partial charge in [0.15, 0.2) is 0 Å². The molecule has 0 aromatic carbocycles. The minimum absolute atomic E-state index is 0.534. The second kappa shape index (κ2) is 11.3. The Balaban J connectivity index is 3.49. The molecule has 2 nitrogen and oxygen atoms in total. The van der Waals surface area contributed by atoms with Gasteiger partial charge < -0.3 is 10.1 Å². The Bertz CT molecular complexity index is 103. The molecule has 14 heavy (non-hydrogen) atoms. The summed E-state index contributed by atoms with van der Waals surface area (Å²) in [5.41, 5.74) is 0. The Morgan fingerprint density at radius 3 is 2.57 bits per heavy atom. The lowest BCUT2D eigenvalue weighted by molar-refractivity contribution is 0.117. The van der Waals surface area contributed by atoms with E-state index in [-0.39, 0.29) is 0 Å². The van der Waals surface area contributed by atoms with Gasteiger partial charge in [-0.2, -0.15) is 11.8 Å². The first-order valence-electron chi connectivity index (χ1n) is 5.73. The van der Waals surface area contributed by atoms with Crippen molar-refractivity contribution in [3.8, 4) is 0 Å². The van der Waals surface area contributed by atoms with E-state index in [1.165, 1.54) is 17.9 Å². The Labute approximate surface area is 93.2 Å². The highest BCUT2D eigenvalue weighted by Gasteiger charge is 2.06. The standard InChI is InChI=1S/C11H25NOS/c1-4-7-12-11(10-14-6-3)9-13-8-5-2/h11-12H,4-10H2,1-3H3. The van der Waals surface area contributed by atoms with Crippen molar-refractivity contribution in [2.45, 2.75) is 39.7 Å². The highest BCUT2D eigenvalue weighted by atomic mass is 32.2. The molecule has 0 aliphatic rings. The quantitative estimate of drug-likeness (QED) is 0.571. The van der Waals surface area contributed by atoms with E-state index in [0.717, 1.165) is 26.2 Å². The summed E-state index contributed by atoms with van der Waals surface area (Å²) in [6, 6.07) is 0.534. The van der Waals surface area contributed by atoms with Gasteiger partial charge in [-0.25, -0.2) is 0 Å². The van der Waals surface area contributed by atoms with Gasteiger partial charge in [0.2, 0.25) is 0 Å². The van der Waals surface area contributed by atoms with E-state index in [2.05, 4.69) is 26.1 Å². The maximum absolute atomic E-state index is 5.56. The molecule has 0 aromatic heterocycles. The van der Waals surface area contributed by atoms with Gasteiger partial charge >= 0.3 is 0 Å². The first-order chi connectivity index (χ1) is 6.85. The number of nitrogens with one attached hydrogen (secondary N) is 1. The number of hydrogen-bond donors (Lipinski definition) is 1. The van der Waals surface area contributed by atoms with E-state index in [0.29, 0.717) is 6.04 Å². The lowest BCUT2D eigenvalue weighted by atomic mass is 10.3. The van der Waals surface area contributed by atoms with Gasteiger partial charge in [0.25, 0.3) is 0 Å². The van der Waals surface area contributed by atoms with Crippen LogP contribution in [0.4, 0.5) is 0 Å². The fourth-order valence-corrected chi connectivity index (χ4v) is 1.88. The maximum atomic E-state index is 5.56. The van der Waals surface area contributed by atoms with Crippen LogP contribution in [0.5, 0.6) is 0 Å². The molecule has 1 N–H and O–H groups in total. The molecule has 0 radical (unpaired) electrons. The summed E-state index contributed by atoms with van der Waals surface area (Å²) in [6.45, 7) is 9.40. The van der Waals surface area contributed by atoms with Gasteiger partial charge in [-0.1, -0.05) is 20.8 Å². The number of hydrogen-bond acceptors (Lipinski definition) is 3. The summed E-state index contributed by atoms with van der Waals surface area (Å²) in [6.07, 6.45) is 2.31. The van der Waals surface area contributed by atoms with Crippen LogP contribution in [0.1, 0.15) is 33.6 Å². The van der Waals surface area contributed by atoms with Crippen LogP contribution in [-0.4, -0.2) is 37.3 Å². The summed E-state index contributed by atoms with van der Waals surface area (Å²) in [5.74, 6) is 2.36. The molecule has 0 fully saturated rings. The highest BCUT2D eigenvalue weighted by Crippen LogP contribution is 2.02. The third kappa shape index (κ3) is 8.85. The van der Waals surface area contributed by atoms with Crippen molar-refractivity contribution >= 4 is 11.8 Å². The fraction of sp³-hybridized carbons (Fsp3) is 1.00.